The zero-order valence-electron chi connectivity index (χ0n) is 11.2. The van der Waals surface area contributed by atoms with E-state index in [1.165, 1.54) is 10.7 Å². The molecule has 2 aromatic rings. The summed E-state index contributed by atoms with van der Waals surface area (Å²) in [6, 6.07) is 3.16. The zero-order valence-corrected chi connectivity index (χ0v) is 11.9. The van der Waals surface area contributed by atoms with Gasteiger partial charge in [0.1, 0.15) is 16.7 Å². The maximum atomic E-state index is 13.9. The van der Waals surface area contributed by atoms with E-state index in [-0.39, 0.29) is 16.8 Å². The molecule has 6 heteroatoms. The highest BCUT2D eigenvalue weighted by Gasteiger charge is 2.27. The number of halogens is 3. The molecule has 110 valence electrons. The second-order valence-corrected chi connectivity index (χ2v) is 5.55. The van der Waals surface area contributed by atoms with Gasteiger partial charge < -0.3 is 0 Å². The van der Waals surface area contributed by atoms with Gasteiger partial charge in [0.25, 0.3) is 0 Å². The van der Waals surface area contributed by atoms with Crippen LogP contribution in [0.4, 0.5) is 8.78 Å². The molecule has 3 rings (SSSR count). The first-order chi connectivity index (χ1) is 10.1. The SMILES string of the molecule is O=Cc1c(C2CCCC2)nn(-c2ccc(F)cc2F)c1Cl. The Bertz CT molecular complexity index is 693. The van der Waals surface area contributed by atoms with Crippen LogP contribution in [0.15, 0.2) is 18.2 Å². The van der Waals surface area contributed by atoms with Gasteiger partial charge in [-0.1, -0.05) is 24.4 Å². The quantitative estimate of drug-likeness (QED) is 0.793. The second-order valence-electron chi connectivity index (χ2n) is 5.20. The Kier molecular flexibility index (Phi) is 3.76. The number of rotatable bonds is 3. The van der Waals surface area contributed by atoms with E-state index >= 15 is 0 Å². The number of carbonyl (C=O) groups excluding carboxylic acids is 1. The van der Waals surface area contributed by atoms with Gasteiger partial charge >= 0.3 is 0 Å². The number of carbonyl (C=O) groups is 1. The molecule has 0 bridgehead atoms. The summed E-state index contributed by atoms with van der Waals surface area (Å²) in [6.07, 6.45) is 4.71. The Hall–Kier alpha value is -1.75. The second kappa shape index (κ2) is 5.56. The average molecular weight is 311 g/mol. The molecule has 0 spiro atoms. The van der Waals surface area contributed by atoms with Crippen LogP contribution in [-0.2, 0) is 0 Å². The third-order valence-corrected chi connectivity index (χ3v) is 4.25. The van der Waals surface area contributed by atoms with Crippen LogP contribution < -0.4 is 0 Å². The van der Waals surface area contributed by atoms with Crippen molar-refractivity contribution in [1.82, 2.24) is 9.78 Å². The lowest BCUT2D eigenvalue weighted by atomic mass is 10.0. The first-order valence-electron chi connectivity index (χ1n) is 6.81. The first-order valence-corrected chi connectivity index (χ1v) is 7.18. The van der Waals surface area contributed by atoms with E-state index in [0.717, 1.165) is 37.8 Å². The molecule has 0 N–H and O–H groups in total. The van der Waals surface area contributed by atoms with Crippen molar-refractivity contribution in [2.24, 2.45) is 0 Å². The first kappa shape index (κ1) is 14.2. The summed E-state index contributed by atoms with van der Waals surface area (Å²) >= 11 is 6.16. The molecule has 0 amide bonds. The maximum Gasteiger partial charge on any atom is 0.155 e. The molecular weight excluding hydrogens is 298 g/mol. The van der Waals surface area contributed by atoms with Gasteiger partial charge in [0.15, 0.2) is 12.1 Å². The van der Waals surface area contributed by atoms with Crippen LogP contribution in [0.2, 0.25) is 5.15 Å². The molecule has 1 aliphatic carbocycles. The van der Waals surface area contributed by atoms with Gasteiger partial charge in [-0.2, -0.15) is 5.10 Å². The third kappa shape index (κ3) is 2.46. The summed E-state index contributed by atoms with van der Waals surface area (Å²) in [5, 5.41) is 4.38. The standard InChI is InChI=1S/C15H13ClF2N2O/c16-15-11(8-21)14(9-3-1-2-4-9)19-20(15)13-6-5-10(17)7-12(13)18/h5-9H,1-4H2. The van der Waals surface area contributed by atoms with Gasteiger partial charge in [0, 0.05) is 12.0 Å². The van der Waals surface area contributed by atoms with Crippen molar-refractivity contribution in [3.05, 3.63) is 46.2 Å². The van der Waals surface area contributed by atoms with Crippen LogP contribution in [0, 0.1) is 11.6 Å². The highest BCUT2D eigenvalue weighted by Crippen LogP contribution is 2.37. The molecule has 0 unspecified atom stereocenters. The molecule has 1 fully saturated rings. The molecule has 1 heterocycles. The molecule has 1 aromatic carbocycles. The molecule has 1 aliphatic rings. The highest BCUT2D eigenvalue weighted by atomic mass is 35.5. The lowest BCUT2D eigenvalue weighted by Gasteiger charge is -2.06. The van der Waals surface area contributed by atoms with E-state index in [9.17, 15) is 13.6 Å². The Morgan fingerprint density at radius 2 is 2.00 bits per heavy atom. The fraction of sp³-hybridized carbons (Fsp3) is 0.333. The summed E-state index contributed by atoms with van der Waals surface area (Å²) in [7, 11) is 0. The van der Waals surface area contributed by atoms with Gasteiger partial charge in [0.05, 0.1) is 11.3 Å². The van der Waals surface area contributed by atoms with Gasteiger partial charge in [0.2, 0.25) is 0 Å². The van der Waals surface area contributed by atoms with Gasteiger partial charge in [-0.3, -0.25) is 4.79 Å². The van der Waals surface area contributed by atoms with Gasteiger partial charge in [-0.05, 0) is 25.0 Å². The van der Waals surface area contributed by atoms with Crippen LogP contribution >= 0.6 is 11.6 Å². The molecule has 3 nitrogen and oxygen atoms in total. The van der Waals surface area contributed by atoms with E-state index in [1.807, 2.05) is 0 Å². The van der Waals surface area contributed by atoms with Crippen LogP contribution in [0.1, 0.15) is 47.7 Å². The summed E-state index contributed by atoms with van der Waals surface area (Å²) in [6.45, 7) is 0. The van der Waals surface area contributed by atoms with Crippen molar-refractivity contribution in [3.63, 3.8) is 0 Å². The van der Waals surface area contributed by atoms with E-state index in [0.29, 0.717) is 17.5 Å². The maximum absolute atomic E-state index is 13.9. The smallest absolute Gasteiger partial charge is 0.155 e. The topological polar surface area (TPSA) is 34.9 Å². The lowest BCUT2D eigenvalue weighted by Crippen LogP contribution is -2.02. The van der Waals surface area contributed by atoms with E-state index in [1.54, 1.807) is 0 Å². The van der Waals surface area contributed by atoms with Crippen molar-refractivity contribution in [2.45, 2.75) is 31.6 Å². The summed E-state index contributed by atoms with van der Waals surface area (Å²) in [4.78, 5) is 11.3. The number of hydrogen-bond donors (Lipinski definition) is 0. The largest absolute Gasteiger partial charge is 0.298 e. The average Bonchev–Trinajstić information content (AvgIpc) is 3.07. The molecule has 21 heavy (non-hydrogen) atoms. The van der Waals surface area contributed by atoms with Crippen LogP contribution in [0.3, 0.4) is 0 Å². The monoisotopic (exact) mass is 310 g/mol. The van der Waals surface area contributed by atoms with Crippen LogP contribution in [0.5, 0.6) is 0 Å². The highest BCUT2D eigenvalue weighted by molar-refractivity contribution is 6.32. The minimum Gasteiger partial charge on any atom is -0.298 e. The van der Waals surface area contributed by atoms with Crippen molar-refractivity contribution in [3.8, 4) is 5.69 Å². The Morgan fingerprint density at radius 3 is 2.62 bits per heavy atom. The molecule has 0 atom stereocenters. The zero-order chi connectivity index (χ0) is 15.0. The summed E-state index contributed by atoms with van der Waals surface area (Å²) < 4.78 is 28.1. The van der Waals surface area contributed by atoms with E-state index in [2.05, 4.69) is 5.10 Å². The molecule has 1 saturated carbocycles. The molecule has 1 aromatic heterocycles. The number of benzene rings is 1. The van der Waals surface area contributed by atoms with Crippen molar-refractivity contribution in [1.29, 1.82) is 0 Å². The van der Waals surface area contributed by atoms with Crippen LogP contribution in [0.25, 0.3) is 5.69 Å². The minimum absolute atomic E-state index is 0.0359. The fourth-order valence-electron chi connectivity index (χ4n) is 2.85. The number of hydrogen-bond acceptors (Lipinski definition) is 2. The Labute approximate surface area is 125 Å². The van der Waals surface area contributed by atoms with E-state index in [4.69, 9.17) is 11.6 Å². The number of aldehydes is 1. The lowest BCUT2D eigenvalue weighted by molar-refractivity contribution is 0.112. The third-order valence-electron chi connectivity index (χ3n) is 3.89. The number of aromatic nitrogens is 2. The van der Waals surface area contributed by atoms with Crippen molar-refractivity contribution >= 4 is 17.9 Å². The van der Waals surface area contributed by atoms with Crippen molar-refractivity contribution < 1.29 is 13.6 Å². The summed E-state index contributed by atoms with van der Waals surface area (Å²) in [5.74, 6) is -1.27. The Morgan fingerprint density at radius 1 is 1.29 bits per heavy atom. The fourth-order valence-corrected chi connectivity index (χ4v) is 3.12. The normalized spacial score (nSPS) is 15.6. The van der Waals surface area contributed by atoms with Crippen LogP contribution in [-0.4, -0.2) is 16.1 Å². The molecular formula is C15H13ClF2N2O. The molecule has 0 aliphatic heterocycles. The predicted octanol–water partition coefficient (Wildman–Crippen LogP) is 4.27. The van der Waals surface area contributed by atoms with Gasteiger partial charge in [-0.25, -0.2) is 13.5 Å². The minimum atomic E-state index is -0.769. The van der Waals surface area contributed by atoms with Gasteiger partial charge in [-0.15, -0.1) is 0 Å². The van der Waals surface area contributed by atoms with E-state index < -0.39 is 11.6 Å². The Balaban J connectivity index is 2.12. The predicted molar refractivity (Wildman–Crippen MR) is 75.1 cm³/mol. The van der Waals surface area contributed by atoms with Crippen molar-refractivity contribution in [2.75, 3.05) is 0 Å². The number of nitrogens with zero attached hydrogens (tertiary/aromatic N) is 2. The molecule has 0 radical (unpaired) electrons. The molecule has 0 saturated heterocycles. The summed E-state index contributed by atoms with van der Waals surface area (Å²) in [5.41, 5.74) is 0.942.